The van der Waals surface area contributed by atoms with Crippen LogP contribution in [0.3, 0.4) is 0 Å². The zero-order valence-corrected chi connectivity index (χ0v) is 14.8. The number of hydrogen-bond donors (Lipinski definition) is 2. The van der Waals surface area contributed by atoms with Crippen LogP contribution in [0.1, 0.15) is 6.42 Å². The Kier molecular flexibility index (Phi) is 4.76. The maximum absolute atomic E-state index is 12.6. The standard InChI is InChI=1S/C16H19N3O5S/c1-23-10-3-4-12(24-2)11(7-10)17-13(20)8-19-14(21)16(18-15(19)22)5-6-25-9-16/h3-4,7H,5-6,8-9H2,1-2H3,(H,17,20)(H,18,22). The molecule has 2 fully saturated rings. The smallest absolute Gasteiger partial charge is 0.325 e. The van der Waals surface area contributed by atoms with Gasteiger partial charge in [-0.3, -0.25) is 14.5 Å². The molecule has 2 aliphatic rings. The van der Waals surface area contributed by atoms with Crippen LogP contribution in [0.4, 0.5) is 10.5 Å². The van der Waals surface area contributed by atoms with Gasteiger partial charge in [0.15, 0.2) is 0 Å². The Balaban J connectivity index is 1.71. The van der Waals surface area contributed by atoms with Crippen LogP contribution < -0.4 is 20.1 Å². The highest BCUT2D eigenvalue weighted by atomic mass is 32.2. The maximum Gasteiger partial charge on any atom is 0.325 e. The first-order valence-corrected chi connectivity index (χ1v) is 8.88. The number of ether oxygens (including phenoxy) is 2. The largest absolute Gasteiger partial charge is 0.497 e. The summed E-state index contributed by atoms with van der Waals surface area (Å²) in [5, 5.41) is 5.39. The summed E-state index contributed by atoms with van der Waals surface area (Å²) < 4.78 is 10.3. The molecule has 25 heavy (non-hydrogen) atoms. The SMILES string of the molecule is COc1ccc(OC)c(NC(=O)CN2C(=O)NC3(CCSC3)C2=O)c1. The first-order valence-electron chi connectivity index (χ1n) is 7.73. The van der Waals surface area contributed by atoms with Gasteiger partial charge in [0.25, 0.3) is 5.91 Å². The number of nitrogens with one attached hydrogen (secondary N) is 2. The zero-order valence-electron chi connectivity index (χ0n) is 14.0. The third-order valence-corrected chi connectivity index (χ3v) is 5.44. The van der Waals surface area contributed by atoms with Gasteiger partial charge in [-0.2, -0.15) is 11.8 Å². The maximum atomic E-state index is 12.6. The minimum absolute atomic E-state index is 0.338. The second-order valence-corrected chi connectivity index (χ2v) is 6.93. The number of rotatable bonds is 5. The number of hydrogen-bond acceptors (Lipinski definition) is 6. The summed E-state index contributed by atoms with van der Waals surface area (Å²) in [4.78, 5) is 38.0. The minimum Gasteiger partial charge on any atom is -0.497 e. The number of imide groups is 1. The molecule has 0 aliphatic carbocycles. The number of carbonyl (C=O) groups excluding carboxylic acids is 3. The highest BCUT2D eigenvalue weighted by molar-refractivity contribution is 7.99. The normalized spacial score (nSPS) is 22.2. The molecular weight excluding hydrogens is 346 g/mol. The Morgan fingerprint density at radius 3 is 2.80 bits per heavy atom. The van der Waals surface area contributed by atoms with Crippen LogP contribution in [-0.2, 0) is 9.59 Å². The third-order valence-electron chi connectivity index (χ3n) is 4.25. The van der Waals surface area contributed by atoms with Crippen LogP contribution in [-0.4, -0.2) is 60.6 Å². The monoisotopic (exact) mass is 365 g/mol. The van der Waals surface area contributed by atoms with Crippen molar-refractivity contribution in [2.75, 3.05) is 37.6 Å². The molecule has 1 aromatic rings. The molecule has 0 bridgehead atoms. The highest BCUT2D eigenvalue weighted by Gasteiger charge is 2.53. The van der Waals surface area contributed by atoms with Crippen LogP contribution in [0.2, 0.25) is 0 Å². The minimum atomic E-state index is -0.852. The van der Waals surface area contributed by atoms with Crippen molar-refractivity contribution in [3.05, 3.63) is 18.2 Å². The lowest BCUT2D eigenvalue weighted by molar-refractivity contribution is -0.133. The van der Waals surface area contributed by atoms with Crippen molar-refractivity contribution in [1.29, 1.82) is 0 Å². The summed E-state index contributed by atoms with van der Waals surface area (Å²) in [6, 6.07) is 4.44. The molecule has 2 heterocycles. The summed E-state index contributed by atoms with van der Waals surface area (Å²) >= 11 is 1.62. The fourth-order valence-electron chi connectivity index (χ4n) is 2.90. The Bertz CT molecular complexity index is 718. The second kappa shape index (κ2) is 6.83. The molecule has 0 saturated carbocycles. The van der Waals surface area contributed by atoms with E-state index in [-0.39, 0.29) is 12.5 Å². The predicted octanol–water partition coefficient (Wildman–Crippen LogP) is 1.07. The van der Waals surface area contributed by atoms with Crippen molar-refractivity contribution in [1.82, 2.24) is 10.2 Å². The van der Waals surface area contributed by atoms with Gasteiger partial charge in [-0.1, -0.05) is 0 Å². The first-order chi connectivity index (χ1) is 12.0. The zero-order chi connectivity index (χ0) is 18.0. The number of urea groups is 1. The van der Waals surface area contributed by atoms with E-state index in [1.54, 1.807) is 30.0 Å². The van der Waals surface area contributed by atoms with E-state index in [0.717, 1.165) is 10.7 Å². The quantitative estimate of drug-likeness (QED) is 0.758. The van der Waals surface area contributed by atoms with Crippen molar-refractivity contribution in [2.45, 2.75) is 12.0 Å². The average molecular weight is 365 g/mol. The number of anilines is 1. The van der Waals surface area contributed by atoms with Gasteiger partial charge < -0.3 is 20.1 Å². The predicted molar refractivity (Wildman–Crippen MR) is 93.1 cm³/mol. The topological polar surface area (TPSA) is 97.0 Å². The molecule has 2 N–H and O–H groups in total. The number of carbonyl (C=O) groups is 3. The van der Waals surface area contributed by atoms with Crippen molar-refractivity contribution < 1.29 is 23.9 Å². The van der Waals surface area contributed by atoms with E-state index in [1.807, 2.05) is 0 Å². The van der Waals surface area contributed by atoms with E-state index in [2.05, 4.69) is 10.6 Å². The number of thioether (sulfide) groups is 1. The molecule has 8 nitrogen and oxygen atoms in total. The fourth-order valence-corrected chi connectivity index (χ4v) is 4.22. The molecule has 0 aromatic heterocycles. The molecule has 2 aliphatic heterocycles. The van der Waals surface area contributed by atoms with Gasteiger partial charge in [0.2, 0.25) is 5.91 Å². The van der Waals surface area contributed by atoms with Crippen LogP contribution in [0.25, 0.3) is 0 Å². The van der Waals surface area contributed by atoms with Gasteiger partial charge in [0.1, 0.15) is 23.6 Å². The summed E-state index contributed by atoms with van der Waals surface area (Å²) in [7, 11) is 3.00. The van der Waals surface area contributed by atoms with Crippen molar-refractivity contribution in [3.63, 3.8) is 0 Å². The van der Waals surface area contributed by atoms with E-state index in [1.165, 1.54) is 14.2 Å². The Morgan fingerprint density at radius 2 is 2.16 bits per heavy atom. The molecule has 1 atom stereocenters. The van der Waals surface area contributed by atoms with E-state index >= 15 is 0 Å². The van der Waals surface area contributed by atoms with Crippen molar-refractivity contribution in [2.24, 2.45) is 0 Å². The molecule has 4 amide bonds. The second-order valence-electron chi connectivity index (χ2n) is 5.82. The molecule has 134 valence electrons. The summed E-state index contributed by atoms with van der Waals surface area (Å²) in [6.45, 7) is -0.350. The third kappa shape index (κ3) is 3.23. The fraction of sp³-hybridized carbons (Fsp3) is 0.438. The van der Waals surface area contributed by atoms with Gasteiger partial charge in [-0.15, -0.1) is 0 Å². The van der Waals surface area contributed by atoms with Crippen molar-refractivity contribution in [3.8, 4) is 11.5 Å². The molecule has 1 spiro atoms. The van der Waals surface area contributed by atoms with E-state index in [4.69, 9.17) is 9.47 Å². The molecule has 0 radical (unpaired) electrons. The summed E-state index contributed by atoms with van der Waals surface area (Å²) in [6.07, 6.45) is 0.587. The number of amides is 4. The molecule has 3 rings (SSSR count). The number of methoxy groups -OCH3 is 2. The van der Waals surface area contributed by atoms with E-state index < -0.39 is 17.5 Å². The average Bonchev–Trinajstić information content (AvgIpc) is 3.16. The van der Waals surface area contributed by atoms with Gasteiger partial charge in [0, 0.05) is 11.8 Å². The number of benzene rings is 1. The highest BCUT2D eigenvalue weighted by Crippen LogP contribution is 2.33. The molecule has 2 saturated heterocycles. The van der Waals surface area contributed by atoms with Gasteiger partial charge >= 0.3 is 6.03 Å². The lowest BCUT2D eigenvalue weighted by atomic mass is 9.99. The Hall–Kier alpha value is -2.42. The van der Waals surface area contributed by atoms with Crippen molar-refractivity contribution >= 4 is 35.3 Å². The molecule has 1 aromatic carbocycles. The molecule has 9 heteroatoms. The van der Waals surface area contributed by atoms with Crippen LogP contribution in [0.5, 0.6) is 11.5 Å². The van der Waals surface area contributed by atoms with Crippen LogP contribution in [0, 0.1) is 0 Å². The Labute approximate surface area is 149 Å². The molecular formula is C16H19N3O5S. The van der Waals surface area contributed by atoms with Crippen LogP contribution in [0.15, 0.2) is 18.2 Å². The van der Waals surface area contributed by atoms with Gasteiger partial charge in [-0.25, -0.2) is 4.79 Å². The van der Waals surface area contributed by atoms with Crippen LogP contribution >= 0.6 is 11.8 Å². The summed E-state index contributed by atoms with van der Waals surface area (Å²) in [5.41, 5.74) is -0.444. The van der Waals surface area contributed by atoms with E-state index in [0.29, 0.717) is 29.4 Å². The molecule has 1 unspecified atom stereocenters. The van der Waals surface area contributed by atoms with E-state index in [9.17, 15) is 14.4 Å². The number of nitrogens with zero attached hydrogens (tertiary/aromatic N) is 1. The van der Waals surface area contributed by atoms with Gasteiger partial charge in [0.05, 0.1) is 19.9 Å². The summed E-state index contributed by atoms with van der Waals surface area (Å²) in [5.74, 6) is 1.53. The Morgan fingerprint density at radius 1 is 1.36 bits per heavy atom. The lowest BCUT2D eigenvalue weighted by Crippen LogP contribution is -2.47. The first kappa shape index (κ1) is 17.4. The lowest BCUT2D eigenvalue weighted by Gasteiger charge is -2.19. The van der Waals surface area contributed by atoms with Gasteiger partial charge in [-0.05, 0) is 24.3 Å².